The summed E-state index contributed by atoms with van der Waals surface area (Å²) in [6.07, 6.45) is 0.710. The summed E-state index contributed by atoms with van der Waals surface area (Å²) >= 11 is 0. The summed E-state index contributed by atoms with van der Waals surface area (Å²) in [5.41, 5.74) is 4.92. The predicted molar refractivity (Wildman–Crippen MR) is 61.2 cm³/mol. The molecule has 16 heavy (non-hydrogen) atoms. The van der Waals surface area contributed by atoms with Gasteiger partial charge in [-0.3, -0.25) is 0 Å². The summed E-state index contributed by atoms with van der Waals surface area (Å²) in [5, 5.41) is 0. The van der Waals surface area contributed by atoms with E-state index < -0.39 is 5.60 Å². The number of nitrogens with zero attached hydrogens (tertiary/aromatic N) is 1. The molecule has 1 rings (SSSR count). The Balaban J connectivity index is 2.32. The number of hydrogen-bond acceptors (Lipinski definition) is 4. The largest absolute Gasteiger partial charge is 0.444 e. The maximum absolute atomic E-state index is 11.7. The number of hydrogen-bond donors (Lipinski definition) is 1. The number of carbonyl (C=O) groups is 1. The summed E-state index contributed by atoms with van der Waals surface area (Å²) in [5.74, 6) is 0. The molecule has 1 aliphatic rings. The molecular formula is C11H22N2O3. The van der Waals surface area contributed by atoms with Gasteiger partial charge in [-0.2, -0.15) is 0 Å². The van der Waals surface area contributed by atoms with E-state index in [0.29, 0.717) is 26.2 Å². The molecule has 1 saturated heterocycles. The van der Waals surface area contributed by atoms with E-state index in [1.165, 1.54) is 0 Å². The molecule has 0 bridgehead atoms. The second-order valence-corrected chi connectivity index (χ2v) is 5.00. The average Bonchev–Trinajstić information content (AvgIpc) is 2.60. The van der Waals surface area contributed by atoms with Gasteiger partial charge in [-0.05, 0) is 27.2 Å². The maximum atomic E-state index is 11.7. The summed E-state index contributed by atoms with van der Waals surface area (Å²) in [4.78, 5) is 13.4. The molecule has 94 valence electrons. The first-order chi connectivity index (χ1) is 7.42. The van der Waals surface area contributed by atoms with Gasteiger partial charge in [0.1, 0.15) is 5.60 Å². The van der Waals surface area contributed by atoms with Crippen molar-refractivity contribution in [3.63, 3.8) is 0 Å². The number of likely N-dealkylation sites (tertiary alicyclic amines) is 1. The first kappa shape index (κ1) is 13.3. The molecule has 0 spiro atoms. The predicted octanol–water partition coefficient (Wildman–Crippen LogP) is 0.971. The summed E-state index contributed by atoms with van der Waals surface area (Å²) in [6.45, 7) is 7.96. The number of ether oxygens (including phenoxy) is 2. The molecule has 0 saturated carbocycles. The lowest BCUT2D eigenvalue weighted by atomic mass is 10.2. The lowest BCUT2D eigenvalue weighted by molar-refractivity contribution is 0.0219. The summed E-state index contributed by atoms with van der Waals surface area (Å²) < 4.78 is 10.8. The lowest BCUT2D eigenvalue weighted by Gasteiger charge is -2.24. The Morgan fingerprint density at radius 2 is 2.19 bits per heavy atom. The van der Waals surface area contributed by atoms with Crippen LogP contribution in [0.5, 0.6) is 0 Å². The SMILES string of the molecule is CC(C)(C)OC(=O)N1CC[C@@H](OCCN)C1. The minimum Gasteiger partial charge on any atom is -0.444 e. The fourth-order valence-electron chi connectivity index (χ4n) is 1.59. The molecule has 0 aromatic heterocycles. The van der Waals surface area contributed by atoms with Gasteiger partial charge < -0.3 is 20.1 Å². The Bertz CT molecular complexity index is 238. The molecule has 2 N–H and O–H groups in total. The van der Waals surface area contributed by atoms with E-state index in [1.807, 2.05) is 20.8 Å². The fraction of sp³-hybridized carbons (Fsp3) is 0.909. The normalized spacial score (nSPS) is 21.2. The van der Waals surface area contributed by atoms with E-state index in [2.05, 4.69) is 0 Å². The van der Waals surface area contributed by atoms with Crippen LogP contribution in [-0.2, 0) is 9.47 Å². The Morgan fingerprint density at radius 1 is 1.50 bits per heavy atom. The standard InChI is InChI=1S/C11H22N2O3/c1-11(2,3)16-10(14)13-6-4-9(8-13)15-7-5-12/h9H,4-8,12H2,1-3H3/t9-/m1/s1. The van der Waals surface area contributed by atoms with Crippen LogP contribution in [0.2, 0.25) is 0 Å². The molecule has 5 nitrogen and oxygen atoms in total. The van der Waals surface area contributed by atoms with Gasteiger partial charge in [0.2, 0.25) is 0 Å². The van der Waals surface area contributed by atoms with E-state index in [4.69, 9.17) is 15.2 Å². The monoisotopic (exact) mass is 230 g/mol. The van der Waals surface area contributed by atoms with E-state index in [9.17, 15) is 4.79 Å². The zero-order valence-electron chi connectivity index (χ0n) is 10.4. The molecule has 1 aliphatic heterocycles. The van der Waals surface area contributed by atoms with Crippen molar-refractivity contribution in [3.8, 4) is 0 Å². The van der Waals surface area contributed by atoms with Crippen molar-refractivity contribution in [1.29, 1.82) is 0 Å². The van der Waals surface area contributed by atoms with Crippen molar-refractivity contribution in [2.45, 2.75) is 38.9 Å². The number of amides is 1. The molecule has 0 unspecified atom stereocenters. The van der Waals surface area contributed by atoms with Crippen molar-refractivity contribution in [1.82, 2.24) is 4.90 Å². The van der Waals surface area contributed by atoms with Gasteiger partial charge in [-0.1, -0.05) is 0 Å². The third kappa shape index (κ3) is 4.37. The van der Waals surface area contributed by atoms with Crippen LogP contribution < -0.4 is 5.73 Å². The fourth-order valence-corrected chi connectivity index (χ4v) is 1.59. The van der Waals surface area contributed by atoms with Crippen LogP contribution in [0.15, 0.2) is 0 Å². The minimum absolute atomic E-state index is 0.107. The van der Waals surface area contributed by atoms with Crippen LogP contribution in [0.4, 0.5) is 4.79 Å². The van der Waals surface area contributed by atoms with Gasteiger partial charge in [-0.15, -0.1) is 0 Å². The van der Waals surface area contributed by atoms with Gasteiger partial charge in [0.15, 0.2) is 0 Å². The van der Waals surface area contributed by atoms with Crippen LogP contribution >= 0.6 is 0 Å². The second-order valence-electron chi connectivity index (χ2n) is 5.00. The molecule has 1 heterocycles. The topological polar surface area (TPSA) is 64.8 Å². The van der Waals surface area contributed by atoms with Gasteiger partial charge in [0.05, 0.1) is 19.3 Å². The minimum atomic E-state index is -0.437. The Morgan fingerprint density at radius 3 is 2.75 bits per heavy atom. The molecule has 0 aliphatic carbocycles. The zero-order valence-corrected chi connectivity index (χ0v) is 10.4. The first-order valence-corrected chi connectivity index (χ1v) is 5.72. The van der Waals surface area contributed by atoms with E-state index in [1.54, 1.807) is 4.90 Å². The number of nitrogens with two attached hydrogens (primary N) is 1. The number of rotatable bonds is 3. The van der Waals surface area contributed by atoms with Crippen molar-refractivity contribution in [3.05, 3.63) is 0 Å². The second kappa shape index (κ2) is 5.50. The third-order valence-electron chi connectivity index (χ3n) is 2.27. The smallest absolute Gasteiger partial charge is 0.410 e. The molecule has 1 fully saturated rings. The summed E-state index contributed by atoms with van der Waals surface area (Å²) in [7, 11) is 0. The van der Waals surface area contributed by atoms with Crippen LogP contribution in [0.25, 0.3) is 0 Å². The van der Waals surface area contributed by atoms with Crippen molar-refractivity contribution in [2.24, 2.45) is 5.73 Å². The zero-order chi connectivity index (χ0) is 12.2. The quantitative estimate of drug-likeness (QED) is 0.784. The molecular weight excluding hydrogens is 208 g/mol. The van der Waals surface area contributed by atoms with Gasteiger partial charge >= 0.3 is 6.09 Å². The highest BCUT2D eigenvalue weighted by atomic mass is 16.6. The van der Waals surface area contributed by atoms with Gasteiger partial charge in [-0.25, -0.2) is 4.79 Å². The van der Waals surface area contributed by atoms with Crippen LogP contribution in [-0.4, -0.2) is 48.9 Å². The molecule has 0 aromatic rings. The van der Waals surface area contributed by atoms with E-state index in [-0.39, 0.29) is 12.2 Å². The van der Waals surface area contributed by atoms with Gasteiger partial charge in [0, 0.05) is 13.1 Å². The van der Waals surface area contributed by atoms with Crippen molar-refractivity contribution >= 4 is 6.09 Å². The van der Waals surface area contributed by atoms with E-state index in [0.717, 1.165) is 6.42 Å². The van der Waals surface area contributed by atoms with Crippen molar-refractivity contribution < 1.29 is 14.3 Å². The Labute approximate surface area is 96.9 Å². The van der Waals surface area contributed by atoms with Crippen LogP contribution in [0.3, 0.4) is 0 Å². The summed E-state index contributed by atoms with van der Waals surface area (Å²) in [6, 6.07) is 0. The molecule has 0 aromatic carbocycles. The van der Waals surface area contributed by atoms with E-state index >= 15 is 0 Å². The molecule has 1 atom stereocenters. The third-order valence-corrected chi connectivity index (χ3v) is 2.27. The highest BCUT2D eigenvalue weighted by molar-refractivity contribution is 5.68. The lowest BCUT2D eigenvalue weighted by Crippen LogP contribution is -2.36. The molecule has 1 amide bonds. The highest BCUT2D eigenvalue weighted by Gasteiger charge is 2.29. The highest BCUT2D eigenvalue weighted by Crippen LogP contribution is 2.16. The van der Waals surface area contributed by atoms with Gasteiger partial charge in [0.25, 0.3) is 0 Å². The number of carbonyl (C=O) groups excluding carboxylic acids is 1. The Kier molecular flexibility index (Phi) is 4.56. The molecule has 0 radical (unpaired) electrons. The Hall–Kier alpha value is -0.810. The van der Waals surface area contributed by atoms with Crippen molar-refractivity contribution in [2.75, 3.05) is 26.2 Å². The van der Waals surface area contributed by atoms with Crippen LogP contribution in [0, 0.1) is 0 Å². The van der Waals surface area contributed by atoms with Crippen LogP contribution in [0.1, 0.15) is 27.2 Å². The first-order valence-electron chi connectivity index (χ1n) is 5.72. The molecule has 5 heteroatoms. The maximum Gasteiger partial charge on any atom is 0.410 e. The average molecular weight is 230 g/mol.